The summed E-state index contributed by atoms with van der Waals surface area (Å²) in [5.74, 6) is 0.570. The predicted molar refractivity (Wildman–Crippen MR) is 120 cm³/mol. The lowest BCUT2D eigenvalue weighted by molar-refractivity contribution is 0.0179. The second-order valence-corrected chi connectivity index (χ2v) is 6.95. The zero-order chi connectivity index (χ0) is 18.9. The molecule has 0 aliphatic carbocycles. The van der Waals surface area contributed by atoms with Gasteiger partial charge in [0.25, 0.3) is 0 Å². The highest BCUT2D eigenvalue weighted by molar-refractivity contribution is 14.0. The smallest absolute Gasteiger partial charge is 0.191 e. The van der Waals surface area contributed by atoms with E-state index in [-0.39, 0.29) is 41.9 Å². The molecule has 28 heavy (non-hydrogen) atoms. The van der Waals surface area contributed by atoms with Crippen LogP contribution in [0.15, 0.2) is 29.3 Å². The van der Waals surface area contributed by atoms with Gasteiger partial charge in [0.15, 0.2) is 5.96 Å². The Kier molecular flexibility index (Phi) is 10.5. The van der Waals surface area contributed by atoms with Crippen LogP contribution in [0.5, 0.6) is 0 Å². The largest absolute Gasteiger partial charge is 0.379 e. The first kappa shape index (κ1) is 23.3. The minimum atomic E-state index is -0.210. The number of nitrogens with zero attached hydrogens (tertiary/aromatic N) is 2. The third-order valence-corrected chi connectivity index (χ3v) is 5.01. The summed E-state index contributed by atoms with van der Waals surface area (Å²) >= 11 is 0. The van der Waals surface area contributed by atoms with E-state index >= 15 is 0 Å². The monoisotopic (exact) mass is 506 g/mol. The van der Waals surface area contributed by atoms with E-state index in [1.54, 1.807) is 12.1 Å². The third-order valence-electron chi connectivity index (χ3n) is 5.01. The second-order valence-electron chi connectivity index (χ2n) is 6.95. The summed E-state index contributed by atoms with van der Waals surface area (Å²) < 4.78 is 24.9. The van der Waals surface area contributed by atoms with Gasteiger partial charge in [0, 0.05) is 32.8 Å². The van der Waals surface area contributed by atoms with Gasteiger partial charge < -0.3 is 20.1 Å². The van der Waals surface area contributed by atoms with Gasteiger partial charge >= 0.3 is 0 Å². The van der Waals surface area contributed by atoms with E-state index in [2.05, 4.69) is 22.5 Å². The number of benzene rings is 1. The average Bonchev–Trinajstić information content (AvgIpc) is 3.21. The zero-order valence-corrected chi connectivity index (χ0v) is 18.9. The summed E-state index contributed by atoms with van der Waals surface area (Å²) in [6.45, 7) is 8.07. The van der Waals surface area contributed by atoms with Crippen molar-refractivity contribution in [1.82, 2.24) is 15.5 Å². The van der Waals surface area contributed by atoms with Crippen LogP contribution < -0.4 is 10.6 Å². The van der Waals surface area contributed by atoms with Crippen LogP contribution in [0.3, 0.4) is 0 Å². The molecule has 2 fully saturated rings. The van der Waals surface area contributed by atoms with Crippen LogP contribution in [-0.2, 0) is 9.47 Å². The molecule has 0 radical (unpaired) electrons. The number of hydrogen-bond acceptors (Lipinski definition) is 4. The number of rotatable bonds is 7. The molecule has 8 heteroatoms. The highest BCUT2D eigenvalue weighted by Gasteiger charge is 2.23. The molecule has 2 unspecified atom stereocenters. The Hall–Kier alpha value is -0.970. The summed E-state index contributed by atoms with van der Waals surface area (Å²) in [6.07, 6.45) is 2.47. The van der Waals surface area contributed by atoms with Gasteiger partial charge in [0.05, 0.1) is 31.9 Å². The molecule has 2 aliphatic heterocycles. The number of hydrogen-bond donors (Lipinski definition) is 2. The Morgan fingerprint density at radius 2 is 2.11 bits per heavy atom. The average molecular weight is 506 g/mol. The lowest BCUT2D eigenvalue weighted by Crippen LogP contribution is -2.43. The van der Waals surface area contributed by atoms with Gasteiger partial charge in [-0.25, -0.2) is 4.39 Å². The SMILES string of the molecule is CCNC(=NCC(c1cccc(F)c1)N1CCOCC1)NCC1CCCO1.I. The lowest BCUT2D eigenvalue weighted by atomic mass is 10.0. The maximum atomic E-state index is 13.8. The molecule has 6 nitrogen and oxygen atoms in total. The first-order chi connectivity index (χ1) is 13.3. The van der Waals surface area contributed by atoms with Gasteiger partial charge in [-0.05, 0) is 37.5 Å². The van der Waals surface area contributed by atoms with E-state index < -0.39 is 0 Å². The van der Waals surface area contributed by atoms with E-state index in [1.807, 2.05) is 6.07 Å². The molecule has 0 spiro atoms. The minimum Gasteiger partial charge on any atom is -0.379 e. The molecule has 1 aromatic rings. The van der Waals surface area contributed by atoms with Gasteiger partial charge in [-0.2, -0.15) is 0 Å². The van der Waals surface area contributed by atoms with Crippen molar-refractivity contribution in [3.63, 3.8) is 0 Å². The molecule has 3 rings (SSSR count). The maximum Gasteiger partial charge on any atom is 0.191 e. The minimum absolute atomic E-state index is 0. The van der Waals surface area contributed by atoms with Crippen LogP contribution in [0.4, 0.5) is 4.39 Å². The number of halogens is 2. The molecule has 158 valence electrons. The number of ether oxygens (including phenoxy) is 2. The molecule has 0 amide bonds. The molecular formula is C20H32FIN4O2. The molecular weight excluding hydrogens is 474 g/mol. The van der Waals surface area contributed by atoms with Gasteiger partial charge in [-0.3, -0.25) is 9.89 Å². The molecule has 1 aromatic carbocycles. The van der Waals surface area contributed by atoms with Crippen molar-refractivity contribution in [3.05, 3.63) is 35.6 Å². The Bertz CT molecular complexity index is 608. The fourth-order valence-corrected chi connectivity index (χ4v) is 3.57. The molecule has 2 heterocycles. The molecule has 0 saturated carbocycles. The van der Waals surface area contributed by atoms with Gasteiger partial charge in [-0.1, -0.05) is 12.1 Å². The van der Waals surface area contributed by atoms with Crippen LogP contribution in [0.25, 0.3) is 0 Å². The lowest BCUT2D eigenvalue weighted by Gasteiger charge is -2.34. The highest BCUT2D eigenvalue weighted by Crippen LogP contribution is 2.23. The van der Waals surface area contributed by atoms with E-state index in [9.17, 15) is 4.39 Å². The topological polar surface area (TPSA) is 58.1 Å². The van der Waals surface area contributed by atoms with Crippen LogP contribution in [0, 0.1) is 5.82 Å². The van der Waals surface area contributed by atoms with Crippen LogP contribution in [-0.4, -0.2) is 69.5 Å². The Labute approximate surface area is 184 Å². The summed E-state index contributed by atoms with van der Waals surface area (Å²) in [5, 5.41) is 6.67. The quantitative estimate of drug-likeness (QED) is 0.338. The number of nitrogens with one attached hydrogen (secondary N) is 2. The van der Waals surface area contributed by atoms with Crippen molar-refractivity contribution in [3.8, 4) is 0 Å². The van der Waals surface area contributed by atoms with Crippen molar-refractivity contribution >= 4 is 29.9 Å². The molecule has 0 aromatic heterocycles. The zero-order valence-electron chi connectivity index (χ0n) is 16.5. The van der Waals surface area contributed by atoms with E-state index in [4.69, 9.17) is 14.5 Å². The highest BCUT2D eigenvalue weighted by atomic mass is 127. The first-order valence-corrected chi connectivity index (χ1v) is 9.97. The molecule has 2 aliphatic rings. The predicted octanol–water partition coefficient (Wildman–Crippen LogP) is 2.55. The summed E-state index contributed by atoms with van der Waals surface area (Å²) in [7, 11) is 0. The summed E-state index contributed by atoms with van der Waals surface area (Å²) in [6, 6.07) is 6.87. The second kappa shape index (κ2) is 12.6. The van der Waals surface area contributed by atoms with Crippen molar-refractivity contribution in [1.29, 1.82) is 0 Å². The Morgan fingerprint density at radius 1 is 1.29 bits per heavy atom. The van der Waals surface area contributed by atoms with Crippen molar-refractivity contribution in [2.75, 3.05) is 52.5 Å². The van der Waals surface area contributed by atoms with Crippen molar-refractivity contribution in [2.24, 2.45) is 4.99 Å². The molecule has 2 saturated heterocycles. The fourth-order valence-electron chi connectivity index (χ4n) is 3.57. The third kappa shape index (κ3) is 7.13. The summed E-state index contributed by atoms with van der Waals surface area (Å²) in [4.78, 5) is 7.11. The van der Waals surface area contributed by atoms with Gasteiger partial charge in [-0.15, -0.1) is 24.0 Å². The van der Waals surface area contributed by atoms with Crippen molar-refractivity contribution in [2.45, 2.75) is 31.9 Å². The molecule has 0 bridgehead atoms. The Balaban J connectivity index is 0.00000280. The van der Waals surface area contributed by atoms with Crippen LogP contribution in [0.1, 0.15) is 31.4 Å². The van der Waals surface area contributed by atoms with Gasteiger partial charge in [0.1, 0.15) is 5.82 Å². The van der Waals surface area contributed by atoms with Gasteiger partial charge in [0.2, 0.25) is 0 Å². The molecule has 2 N–H and O–H groups in total. The number of guanidine groups is 1. The number of aliphatic imine (C=N–C) groups is 1. The fraction of sp³-hybridized carbons (Fsp3) is 0.650. The van der Waals surface area contributed by atoms with Crippen LogP contribution >= 0.6 is 24.0 Å². The maximum absolute atomic E-state index is 13.8. The normalized spacial score (nSPS) is 21.8. The van der Waals surface area contributed by atoms with Crippen LogP contribution in [0.2, 0.25) is 0 Å². The van der Waals surface area contributed by atoms with E-state index in [1.165, 1.54) is 6.07 Å². The number of morpholine rings is 1. The Morgan fingerprint density at radius 3 is 2.79 bits per heavy atom. The first-order valence-electron chi connectivity index (χ1n) is 9.97. The van der Waals surface area contributed by atoms with E-state index in [0.717, 1.165) is 57.2 Å². The van der Waals surface area contributed by atoms with Crippen molar-refractivity contribution < 1.29 is 13.9 Å². The molecule has 2 atom stereocenters. The summed E-state index contributed by atoms with van der Waals surface area (Å²) in [5.41, 5.74) is 0.954. The van der Waals surface area contributed by atoms with E-state index in [0.29, 0.717) is 19.8 Å². The standard InChI is InChI=1S/C20H31FN4O2.HI/c1-2-22-20(23-14-18-7-4-10-27-18)24-15-19(25-8-11-26-12-9-25)16-5-3-6-17(21)13-16;/h3,5-6,13,18-19H,2,4,7-12,14-15H2,1H3,(H2,22,23,24);1H.